The van der Waals surface area contributed by atoms with Crippen LogP contribution in [0.4, 0.5) is 5.69 Å². The predicted molar refractivity (Wildman–Crippen MR) is 106 cm³/mol. The highest BCUT2D eigenvalue weighted by Crippen LogP contribution is 2.27. The molecule has 0 unspecified atom stereocenters. The monoisotopic (exact) mass is 369 g/mol. The van der Waals surface area contributed by atoms with E-state index in [9.17, 15) is 0 Å². The van der Waals surface area contributed by atoms with Gasteiger partial charge in [0.25, 0.3) is 0 Å². The van der Waals surface area contributed by atoms with Gasteiger partial charge in [0.15, 0.2) is 5.11 Å². The quantitative estimate of drug-likeness (QED) is 0.783. The number of anilines is 1. The van der Waals surface area contributed by atoms with E-state index in [1.807, 2.05) is 18.2 Å². The molecule has 0 bridgehead atoms. The number of ether oxygens (including phenoxy) is 1. The lowest BCUT2D eigenvalue weighted by Gasteiger charge is -2.40. The number of hydrogen-bond acceptors (Lipinski definition) is 3. The first kappa shape index (κ1) is 19.3. The molecule has 1 aliphatic rings. The molecule has 1 saturated heterocycles. The number of methoxy groups -OCH3 is 1. The first-order valence-electron chi connectivity index (χ1n) is 8.57. The molecule has 0 saturated carbocycles. The van der Waals surface area contributed by atoms with Crippen LogP contribution >= 0.6 is 23.8 Å². The van der Waals surface area contributed by atoms with E-state index in [1.54, 1.807) is 7.11 Å². The van der Waals surface area contributed by atoms with Gasteiger partial charge in [-0.2, -0.15) is 0 Å². The van der Waals surface area contributed by atoms with E-state index >= 15 is 0 Å². The molecule has 1 atom stereocenters. The number of halogens is 1. The Bertz CT molecular complexity index is 561. The van der Waals surface area contributed by atoms with E-state index in [1.165, 1.54) is 6.42 Å². The van der Waals surface area contributed by atoms with Crippen molar-refractivity contribution in [3.8, 4) is 5.75 Å². The van der Waals surface area contributed by atoms with Gasteiger partial charge in [-0.3, -0.25) is 0 Å². The zero-order valence-electron chi connectivity index (χ0n) is 15.0. The molecular formula is C18H28ClN3OS. The summed E-state index contributed by atoms with van der Waals surface area (Å²) in [7, 11) is 3.85. The summed E-state index contributed by atoms with van der Waals surface area (Å²) in [5, 5.41) is 4.63. The molecule has 0 spiro atoms. The summed E-state index contributed by atoms with van der Waals surface area (Å²) in [6, 6.07) is 6.90. The third-order valence-corrected chi connectivity index (χ3v) is 5.67. The van der Waals surface area contributed by atoms with Gasteiger partial charge in [-0.25, -0.2) is 0 Å². The zero-order chi connectivity index (χ0) is 17.7. The molecule has 24 heavy (non-hydrogen) atoms. The van der Waals surface area contributed by atoms with E-state index in [2.05, 4.69) is 36.0 Å². The van der Waals surface area contributed by atoms with Crippen LogP contribution in [0.3, 0.4) is 0 Å². The fourth-order valence-electron chi connectivity index (χ4n) is 3.07. The van der Waals surface area contributed by atoms with Crippen molar-refractivity contribution in [3.05, 3.63) is 23.2 Å². The minimum Gasteiger partial charge on any atom is -0.495 e. The lowest BCUT2D eigenvalue weighted by Crippen LogP contribution is -2.48. The molecule has 1 aromatic rings. The molecule has 134 valence electrons. The lowest BCUT2D eigenvalue weighted by atomic mass is 10.0. The van der Waals surface area contributed by atoms with E-state index in [0.717, 1.165) is 36.7 Å². The second-order valence-corrected chi connectivity index (χ2v) is 7.21. The maximum absolute atomic E-state index is 6.17. The van der Waals surface area contributed by atoms with Crippen molar-refractivity contribution in [2.75, 3.05) is 32.6 Å². The second kappa shape index (κ2) is 8.88. The summed E-state index contributed by atoms with van der Waals surface area (Å²) in [4.78, 5) is 4.76. The number of thiocarbonyl (C=S) groups is 1. The highest BCUT2D eigenvalue weighted by molar-refractivity contribution is 7.80. The van der Waals surface area contributed by atoms with Gasteiger partial charge in [-0.15, -0.1) is 0 Å². The maximum atomic E-state index is 6.17. The number of hydrogen-bond donors (Lipinski definition) is 1. The van der Waals surface area contributed by atoms with Crippen LogP contribution < -0.4 is 10.1 Å². The molecule has 1 aromatic carbocycles. The van der Waals surface area contributed by atoms with Crippen LogP contribution in [0.5, 0.6) is 5.75 Å². The van der Waals surface area contributed by atoms with E-state index in [4.69, 9.17) is 28.6 Å². The highest BCUT2D eigenvalue weighted by atomic mass is 35.5. The molecule has 1 aliphatic heterocycles. The minimum atomic E-state index is 0.583. The van der Waals surface area contributed by atoms with Crippen molar-refractivity contribution >= 4 is 34.6 Å². The van der Waals surface area contributed by atoms with E-state index < -0.39 is 0 Å². The Balaban J connectivity index is 1.88. The first-order valence-corrected chi connectivity index (χ1v) is 9.36. The highest BCUT2D eigenvalue weighted by Gasteiger charge is 2.25. The second-order valence-electron chi connectivity index (χ2n) is 6.42. The molecule has 1 N–H and O–H groups in total. The van der Waals surface area contributed by atoms with E-state index in [-0.39, 0.29) is 0 Å². The predicted octanol–water partition coefficient (Wildman–Crippen LogP) is 4.24. The third-order valence-electron chi connectivity index (χ3n) is 5.02. The Kier molecular flexibility index (Phi) is 7.14. The summed E-state index contributed by atoms with van der Waals surface area (Å²) in [5.41, 5.74) is 0.893. The van der Waals surface area contributed by atoms with Crippen molar-refractivity contribution < 1.29 is 4.74 Å². The van der Waals surface area contributed by atoms with Gasteiger partial charge in [0.2, 0.25) is 0 Å². The molecule has 0 amide bonds. The molecule has 6 heteroatoms. The standard InChI is InChI=1S/C18H28ClN3OS/c1-5-13(2)21(3)15-8-10-22(11-9-15)18(24)20-14-6-7-17(23-4)16(19)12-14/h6-7,12-13,15H,5,8-11H2,1-4H3,(H,20,24)/t13-/m1/s1. The number of nitrogens with zero attached hydrogens (tertiary/aromatic N) is 2. The summed E-state index contributed by atoms with van der Waals surface area (Å²) in [6.45, 7) is 6.52. The van der Waals surface area contributed by atoms with Crippen molar-refractivity contribution in [3.63, 3.8) is 0 Å². The molecular weight excluding hydrogens is 342 g/mol. The van der Waals surface area contributed by atoms with Crippen LogP contribution in [0, 0.1) is 0 Å². The topological polar surface area (TPSA) is 27.7 Å². The van der Waals surface area contributed by atoms with Crippen LogP contribution in [0.15, 0.2) is 18.2 Å². The molecule has 1 heterocycles. The Labute approximate surface area is 156 Å². The smallest absolute Gasteiger partial charge is 0.173 e. The number of piperidine rings is 1. The zero-order valence-corrected chi connectivity index (χ0v) is 16.6. The van der Waals surface area contributed by atoms with Crippen LogP contribution in [-0.4, -0.2) is 54.2 Å². The fraction of sp³-hybridized carbons (Fsp3) is 0.611. The normalized spacial score (nSPS) is 17.0. The number of rotatable bonds is 5. The number of likely N-dealkylation sites (tertiary alicyclic amines) is 1. The SMILES string of the molecule is CC[C@@H](C)N(C)C1CCN(C(=S)Nc2ccc(OC)c(Cl)c2)CC1. The van der Waals surface area contributed by atoms with Crippen molar-refractivity contribution in [2.45, 2.75) is 45.2 Å². The average Bonchev–Trinajstić information content (AvgIpc) is 2.60. The van der Waals surface area contributed by atoms with Gasteiger partial charge in [0.05, 0.1) is 12.1 Å². The summed E-state index contributed by atoms with van der Waals surface area (Å²) in [5.74, 6) is 0.669. The minimum absolute atomic E-state index is 0.583. The molecule has 1 fully saturated rings. The third kappa shape index (κ3) is 4.74. The van der Waals surface area contributed by atoms with Crippen LogP contribution in [0.25, 0.3) is 0 Å². The largest absolute Gasteiger partial charge is 0.495 e. The van der Waals surface area contributed by atoms with Gasteiger partial charge in [0.1, 0.15) is 5.75 Å². The fourth-order valence-corrected chi connectivity index (χ4v) is 3.63. The molecule has 4 nitrogen and oxygen atoms in total. The van der Waals surface area contributed by atoms with Gasteiger partial charge >= 0.3 is 0 Å². The van der Waals surface area contributed by atoms with Crippen LogP contribution in [-0.2, 0) is 0 Å². The molecule has 0 aromatic heterocycles. The van der Waals surface area contributed by atoms with Crippen molar-refractivity contribution in [2.24, 2.45) is 0 Å². The van der Waals surface area contributed by atoms with Crippen molar-refractivity contribution in [1.29, 1.82) is 0 Å². The molecule has 0 aliphatic carbocycles. The first-order chi connectivity index (χ1) is 11.5. The Hall–Kier alpha value is -1.04. The van der Waals surface area contributed by atoms with Crippen LogP contribution in [0.1, 0.15) is 33.1 Å². The van der Waals surface area contributed by atoms with E-state index in [0.29, 0.717) is 22.9 Å². The maximum Gasteiger partial charge on any atom is 0.173 e. The Morgan fingerprint density at radius 2 is 2.12 bits per heavy atom. The Morgan fingerprint density at radius 1 is 1.46 bits per heavy atom. The van der Waals surface area contributed by atoms with Gasteiger partial charge in [-0.1, -0.05) is 18.5 Å². The summed E-state index contributed by atoms with van der Waals surface area (Å²) in [6.07, 6.45) is 3.48. The number of benzene rings is 1. The summed E-state index contributed by atoms with van der Waals surface area (Å²) < 4.78 is 5.18. The van der Waals surface area contributed by atoms with Crippen LogP contribution in [0.2, 0.25) is 5.02 Å². The summed E-state index contributed by atoms with van der Waals surface area (Å²) >= 11 is 11.7. The van der Waals surface area contributed by atoms with Gasteiger partial charge in [-0.05, 0) is 63.7 Å². The molecule has 2 rings (SSSR count). The van der Waals surface area contributed by atoms with Gasteiger partial charge < -0.3 is 19.9 Å². The van der Waals surface area contributed by atoms with Gasteiger partial charge in [0, 0.05) is 30.9 Å². The number of nitrogens with one attached hydrogen (secondary N) is 1. The molecule has 0 radical (unpaired) electrons. The van der Waals surface area contributed by atoms with Crippen molar-refractivity contribution in [1.82, 2.24) is 9.80 Å². The average molecular weight is 370 g/mol. The lowest BCUT2D eigenvalue weighted by molar-refractivity contribution is 0.126. The Morgan fingerprint density at radius 3 is 2.67 bits per heavy atom.